The Labute approximate surface area is 176 Å². The van der Waals surface area contributed by atoms with Gasteiger partial charge in [0.1, 0.15) is 0 Å². The fraction of sp³-hybridized carbons (Fsp3) is 0.250. The number of methoxy groups -OCH3 is 3. The lowest BCUT2D eigenvalue weighted by atomic mass is 9.99. The number of rotatable bonds is 9. The van der Waals surface area contributed by atoms with E-state index in [1.807, 2.05) is 54.6 Å². The molecule has 6 nitrogen and oxygen atoms in total. The number of carbonyl (C=O) groups is 1. The van der Waals surface area contributed by atoms with Crippen LogP contribution in [0.3, 0.4) is 0 Å². The van der Waals surface area contributed by atoms with Crippen molar-refractivity contribution in [3.8, 4) is 17.2 Å². The van der Waals surface area contributed by atoms with Gasteiger partial charge in [-0.25, -0.2) is 0 Å². The first-order chi connectivity index (χ1) is 14.7. The summed E-state index contributed by atoms with van der Waals surface area (Å²) in [4.78, 5) is 16.9. The van der Waals surface area contributed by atoms with E-state index >= 15 is 0 Å². The van der Waals surface area contributed by atoms with Gasteiger partial charge in [0, 0.05) is 18.8 Å². The average Bonchev–Trinajstić information content (AvgIpc) is 2.81. The van der Waals surface area contributed by atoms with Gasteiger partial charge in [0.2, 0.25) is 11.7 Å². The van der Waals surface area contributed by atoms with Crippen molar-refractivity contribution in [2.45, 2.75) is 18.9 Å². The fourth-order valence-corrected chi connectivity index (χ4v) is 3.40. The number of hydrogen-bond donors (Lipinski definition) is 1. The molecule has 156 valence electrons. The zero-order valence-electron chi connectivity index (χ0n) is 17.4. The minimum absolute atomic E-state index is 0.0579. The summed E-state index contributed by atoms with van der Waals surface area (Å²) in [7, 11) is 4.72. The molecule has 0 bridgehead atoms. The number of amides is 1. The van der Waals surface area contributed by atoms with E-state index in [1.165, 1.54) is 0 Å². The maximum Gasteiger partial charge on any atom is 0.221 e. The van der Waals surface area contributed by atoms with E-state index in [2.05, 4.69) is 10.3 Å². The van der Waals surface area contributed by atoms with Crippen molar-refractivity contribution >= 4 is 5.91 Å². The van der Waals surface area contributed by atoms with Gasteiger partial charge in [-0.3, -0.25) is 9.78 Å². The van der Waals surface area contributed by atoms with Crippen LogP contribution in [0.25, 0.3) is 0 Å². The van der Waals surface area contributed by atoms with Crippen LogP contribution in [-0.4, -0.2) is 32.2 Å². The van der Waals surface area contributed by atoms with Crippen LogP contribution in [0.2, 0.25) is 0 Å². The number of pyridine rings is 1. The average molecular weight is 406 g/mol. The third-order valence-corrected chi connectivity index (χ3v) is 4.88. The van der Waals surface area contributed by atoms with Gasteiger partial charge < -0.3 is 19.5 Å². The summed E-state index contributed by atoms with van der Waals surface area (Å²) >= 11 is 0. The molecule has 0 fully saturated rings. The summed E-state index contributed by atoms with van der Waals surface area (Å²) in [5.74, 6) is 1.64. The van der Waals surface area contributed by atoms with Gasteiger partial charge in [-0.15, -0.1) is 0 Å². The van der Waals surface area contributed by atoms with Crippen LogP contribution in [0.15, 0.2) is 67.0 Å². The summed E-state index contributed by atoms with van der Waals surface area (Å²) in [6.45, 7) is 0. The Morgan fingerprint density at radius 3 is 2.17 bits per heavy atom. The summed E-state index contributed by atoms with van der Waals surface area (Å²) < 4.78 is 16.3. The quantitative estimate of drug-likeness (QED) is 0.583. The monoisotopic (exact) mass is 406 g/mol. The Morgan fingerprint density at radius 2 is 1.53 bits per heavy atom. The lowest BCUT2D eigenvalue weighted by molar-refractivity contribution is -0.121. The van der Waals surface area contributed by atoms with Crippen LogP contribution in [0.5, 0.6) is 17.2 Å². The molecular weight excluding hydrogens is 380 g/mol. The molecular formula is C24H26N2O4. The number of benzene rings is 2. The lowest BCUT2D eigenvalue weighted by Gasteiger charge is -2.20. The van der Waals surface area contributed by atoms with E-state index in [9.17, 15) is 4.79 Å². The summed E-state index contributed by atoms with van der Waals surface area (Å²) in [6.07, 6.45) is 4.27. The molecule has 1 amide bonds. The Bertz CT molecular complexity index is 922. The largest absolute Gasteiger partial charge is 0.493 e. The molecule has 3 aromatic rings. The number of ether oxygens (including phenoxy) is 3. The van der Waals surface area contributed by atoms with Gasteiger partial charge in [0.25, 0.3) is 0 Å². The van der Waals surface area contributed by atoms with Crippen LogP contribution >= 0.6 is 0 Å². The molecule has 3 rings (SSSR count). The highest BCUT2D eigenvalue weighted by atomic mass is 16.5. The number of hydrogen-bond acceptors (Lipinski definition) is 5. The molecule has 0 radical (unpaired) electrons. The number of aromatic nitrogens is 1. The predicted molar refractivity (Wildman–Crippen MR) is 115 cm³/mol. The van der Waals surface area contributed by atoms with Crippen molar-refractivity contribution in [3.05, 3.63) is 83.7 Å². The second-order valence-corrected chi connectivity index (χ2v) is 6.69. The Balaban J connectivity index is 1.76. The standard InChI is InChI=1S/C24H26N2O4/c1-28-20-11-9-19(23(29-2)24(20)30-3)10-12-21(27)26-22(17-7-5-4-6-8-17)18-13-15-25-16-14-18/h4-9,11,13-16,22H,10,12H2,1-3H3,(H,26,27). The highest BCUT2D eigenvalue weighted by molar-refractivity contribution is 5.77. The van der Waals surface area contributed by atoms with Gasteiger partial charge in [-0.1, -0.05) is 36.4 Å². The molecule has 0 aliphatic carbocycles. The molecule has 30 heavy (non-hydrogen) atoms. The summed E-state index contributed by atoms with van der Waals surface area (Å²) in [5.41, 5.74) is 2.87. The van der Waals surface area contributed by atoms with E-state index in [0.29, 0.717) is 30.1 Å². The zero-order chi connectivity index (χ0) is 21.3. The third kappa shape index (κ3) is 4.89. The minimum atomic E-state index is -0.242. The van der Waals surface area contributed by atoms with Crippen molar-refractivity contribution < 1.29 is 19.0 Å². The number of nitrogens with one attached hydrogen (secondary N) is 1. The highest BCUT2D eigenvalue weighted by Gasteiger charge is 2.19. The number of aryl methyl sites for hydroxylation is 1. The number of nitrogens with zero attached hydrogens (tertiary/aromatic N) is 1. The molecule has 0 saturated heterocycles. The summed E-state index contributed by atoms with van der Waals surface area (Å²) in [5, 5.41) is 3.15. The maximum absolute atomic E-state index is 12.8. The Kier molecular flexibility index (Phi) is 7.27. The molecule has 1 heterocycles. The van der Waals surface area contributed by atoms with Crippen LogP contribution in [0, 0.1) is 0 Å². The van der Waals surface area contributed by atoms with Crippen molar-refractivity contribution in [2.24, 2.45) is 0 Å². The molecule has 2 aromatic carbocycles. The van der Waals surface area contributed by atoms with E-state index in [0.717, 1.165) is 16.7 Å². The fourth-order valence-electron chi connectivity index (χ4n) is 3.40. The second kappa shape index (κ2) is 10.3. The van der Waals surface area contributed by atoms with Crippen molar-refractivity contribution in [3.63, 3.8) is 0 Å². The molecule has 1 aromatic heterocycles. The van der Waals surface area contributed by atoms with E-state index in [1.54, 1.807) is 33.7 Å². The summed E-state index contributed by atoms with van der Waals surface area (Å²) in [6, 6.07) is 17.2. The van der Waals surface area contributed by atoms with Crippen molar-refractivity contribution in [1.82, 2.24) is 10.3 Å². The normalized spacial score (nSPS) is 11.4. The highest BCUT2D eigenvalue weighted by Crippen LogP contribution is 2.40. The van der Waals surface area contributed by atoms with Gasteiger partial charge in [0.05, 0.1) is 27.4 Å². The Morgan fingerprint density at radius 1 is 0.867 bits per heavy atom. The van der Waals surface area contributed by atoms with Crippen LogP contribution in [0.4, 0.5) is 0 Å². The molecule has 0 saturated carbocycles. The van der Waals surface area contributed by atoms with Crippen molar-refractivity contribution in [2.75, 3.05) is 21.3 Å². The van der Waals surface area contributed by atoms with Gasteiger partial charge in [0.15, 0.2) is 11.5 Å². The minimum Gasteiger partial charge on any atom is -0.493 e. The lowest BCUT2D eigenvalue weighted by Crippen LogP contribution is -2.29. The molecule has 1 unspecified atom stereocenters. The maximum atomic E-state index is 12.8. The molecule has 6 heteroatoms. The predicted octanol–water partition coefficient (Wildman–Crippen LogP) is 3.95. The van der Waals surface area contributed by atoms with Gasteiger partial charge >= 0.3 is 0 Å². The molecule has 0 aliphatic rings. The van der Waals surface area contributed by atoms with Crippen LogP contribution in [0.1, 0.15) is 29.2 Å². The smallest absolute Gasteiger partial charge is 0.221 e. The first-order valence-corrected chi connectivity index (χ1v) is 9.70. The van der Waals surface area contributed by atoms with E-state index < -0.39 is 0 Å². The van der Waals surface area contributed by atoms with Crippen LogP contribution < -0.4 is 19.5 Å². The second-order valence-electron chi connectivity index (χ2n) is 6.69. The number of carbonyl (C=O) groups excluding carboxylic acids is 1. The third-order valence-electron chi connectivity index (χ3n) is 4.88. The SMILES string of the molecule is COc1ccc(CCC(=O)NC(c2ccccc2)c2ccncc2)c(OC)c1OC. The van der Waals surface area contributed by atoms with E-state index in [-0.39, 0.29) is 11.9 Å². The molecule has 1 atom stereocenters. The topological polar surface area (TPSA) is 69.7 Å². The van der Waals surface area contributed by atoms with Crippen LogP contribution in [-0.2, 0) is 11.2 Å². The molecule has 0 spiro atoms. The molecule has 1 N–H and O–H groups in total. The van der Waals surface area contributed by atoms with Gasteiger partial charge in [-0.2, -0.15) is 0 Å². The Hall–Kier alpha value is -3.54. The van der Waals surface area contributed by atoms with Gasteiger partial charge in [-0.05, 0) is 41.3 Å². The van der Waals surface area contributed by atoms with Crippen molar-refractivity contribution in [1.29, 1.82) is 0 Å². The first-order valence-electron chi connectivity index (χ1n) is 9.70. The zero-order valence-corrected chi connectivity index (χ0v) is 17.4. The van der Waals surface area contributed by atoms with E-state index in [4.69, 9.17) is 14.2 Å². The first kappa shape index (κ1) is 21.2. The molecule has 0 aliphatic heterocycles.